The molecule has 0 aliphatic carbocycles. The van der Waals surface area contributed by atoms with Gasteiger partial charge in [-0.3, -0.25) is 0 Å². The maximum atomic E-state index is 8.96. The van der Waals surface area contributed by atoms with Crippen LogP contribution in [-0.2, 0) is 0 Å². The van der Waals surface area contributed by atoms with Gasteiger partial charge in [-0.1, -0.05) is 13.8 Å². The van der Waals surface area contributed by atoms with Gasteiger partial charge >= 0.3 is 0 Å². The van der Waals surface area contributed by atoms with Crippen molar-refractivity contribution in [2.45, 2.75) is 19.8 Å². The quantitative estimate of drug-likeness (QED) is 0.681. The van der Waals surface area contributed by atoms with Crippen molar-refractivity contribution in [3.05, 3.63) is 29.8 Å². The Kier molecular flexibility index (Phi) is 1.93. The van der Waals surface area contributed by atoms with Gasteiger partial charge in [0.1, 0.15) is 12.4 Å². The van der Waals surface area contributed by atoms with Crippen molar-refractivity contribution in [2.75, 3.05) is 0 Å². The summed E-state index contributed by atoms with van der Waals surface area (Å²) in [6.07, 6.45) is 3.19. The Balaban J connectivity index is 2.83. The first kappa shape index (κ1) is 8.70. The van der Waals surface area contributed by atoms with Gasteiger partial charge in [0.2, 0.25) is 0 Å². The van der Waals surface area contributed by atoms with E-state index in [9.17, 15) is 0 Å². The maximum Gasteiger partial charge on any atom is 0.136 e. The molecular formula is C10H10N4. The van der Waals surface area contributed by atoms with E-state index in [0.717, 1.165) is 11.2 Å². The van der Waals surface area contributed by atoms with Crippen LogP contribution in [0.3, 0.4) is 0 Å². The molecule has 70 valence electrons. The second-order valence-electron chi connectivity index (χ2n) is 3.46. The Bertz CT molecular complexity index is 504. The van der Waals surface area contributed by atoms with E-state index in [2.05, 4.69) is 16.2 Å². The average molecular weight is 186 g/mol. The van der Waals surface area contributed by atoms with E-state index in [-0.39, 0.29) is 5.92 Å². The van der Waals surface area contributed by atoms with E-state index in [1.807, 2.05) is 19.9 Å². The molecule has 0 aliphatic rings. The molecule has 2 rings (SSSR count). The van der Waals surface area contributed by atoms with Crippen LogP contribution in [0.25, 0.3) is 5.52 Å². The summed E-state index contributed by atoms with van der Waals surface area (Å²) in [5.74, 6) is 0.280. The fraction of sp³-hybridized carbons (Fsp3) is 0.300. The first-order valence-electron chi connectivity index (χ1n) is 4.45. The van der Waals surface area contributed by atoms with E-state index in [4.69, 9.17) is 5.26 Å². The van der Waals surface area contributed by atoms with Crippen molar-refractivity contribution < 1.29 is 0 Å². The molecule has 2 aromatic rings. The van der Waals surface area contributed by atoms with Crippen molar-refractivity contribution in [1.29, 1.82) is 5.26 Å². The van der Waals surface area contributed by atoms with E-state index in [0.29, 0.717) is 5.56 Å². The van der Waals surface area contributed by atoms with Crippen molar-refractivity contribution in [1.82, 2.24) is 14.6 Å². The molecule has 4 nitrogen and oxygen atoms in total. The largest absolute Gasteiger partial charge is 0.241 e. The fourth-order valence-corrected chi connectivity index (χ4v) is 1.59. The van der Waals surface area contributed by atoms with Crippen LogP contribution in [-0.4, -0.2) is 14.6 Å². The first-order chi connectivity index (χ1) is 6.74. The molecule has 0 aliphatic heterocycles. The number of hydrogen-bond acceptors (Lipinski definition) is 3. The third kappa shape index (κ3) is 1.14. The average Bonchev–Trinajstić information content (AvgIpc) is 2.55. The molecule has 0 spiro atoms. The standard InChI is InChI=1S/C10H10N4/c1-7(2)10-8(4-11)3-9-5-12-6-13-14(9)10/h3,5-7H,1-2H3. The molecule has 4 heteroatoms. The molecule has 2 heterocycles. The SMILES string of the molecule is CC(C)c1c(C#N)cc2cncnn12. The van der Waals surface area contributed by atoms with Crippen molar-refractivity contribution in [3.8, 4) is 6.07 Å². The van der Waals surface area contributed by atoms with Gasteiger partial charge in [0.05, 0.1) is 23.0 Å². The van der Waals surface area contributed by atoms with Crippen molar-refractivity contribution in [2.24, 2.45) is 0 Å². The lowest BCUT2D eigenvalue weighted by Crippen LogP contribution is -2.00. The summed E-state index contributed by atoms with van der Waals surface area (Å²) < 4.78 is 1.77. The molecular weight excluding hydrogens is 176 g/mol. The third-order valence-electron chi connectivity index (χ3n) is 2.15. The summed E-state index contributed by atoms with van der Waals surface area (Å²) in [5.41, 5.74) is 2.50. The summed E-state index contributed by atoms with van der Waals surface area (Å²) in [6, 6.07) is 3.99. The van der Waals surface area contributed by atoms with Crippen LogP contribution in [0.2, 0.25) is 0 Å². The lowest BCUT2D eigenvalue weighted by atomic mass is 10.1. The predicted octanol–water partition coefficient (Wildman–Crippen LogP) is 1.72. The molecule has 0 radical (unpaired) electrons. The van der Waals surface area contributed by atoms with Gasteiger partial charge in [-0.2, -0.15) is 10.4 Å². The summed E-state index contributed by atoms with van der Waals surface area (Å²) >= 11 is 0. The van der Waals surface area contributed by atoms with Gasteiger partial charge in [0, 0.05) is 0 Å². The number of nitriles is 1. The van der Waals surface area contributed by atoms with Crippen LogP contribution >= 0.6 is 0 Å². The summed E-state index contributed by atoms with van der Waals surface area (Å²) in [7, 11) is 0. The molecule has 0 bridgehead atoms. The van der Waals surface area contributed by atoms with Gasteiger partial charge in [0.25, 0.3) is 0 Å². The van der Waals surface area contributed by atoms with Gasteiger partial charge < -0.3 is 0 Å². The Labute approximate surface area is 81.8 Å². The molecule has 14 heavy (non-hydrogen) atoms. The van der Waals surface area contributed by atoms with Crippen LogP contribution in [0.4, 0.5) is 0 Å². The minimum Gasteiger partial charge on any atom is -0.241 e. The zero-order chi connectivity index (χ0) is 10.1. The normalized spacial score (nSPS) is 10.7. The van der Waals surface area contributed by atoms with Gasteiger partial charge in [0.15, 0.2) is 0 Å². The van der Waals surface area contributed by atoms with E-state index in [1.54, 1.807) is 10.7 Å². The highest BCUT2D eigenvalue weighted by atomic mass is 15.2. The van der Waals surface area contributed by atoms with Gasteiger partial charge in [-0.25, -0.2) is 9.50 Å². The highest BCUT2D eigenvalue weighted by Crippen LogP contribution is 2.21. The number of hydrogen-bond donors (Lipinski definition) is 0. The van der Waals surface area contributed by atoms with E-state index >= 15 is 0 Å². The monoisotopic (exact) mass is 186 g/mol. The zero-order valence-electron chi connectivity index (χ0n) is 8.10. The smallest absolute Gasteiger partial charge is 0.136 e. The lowest BCUT2D eigenvalue weighted by Gasteiger charge is -2.04. The van der Waals surface area contributed by atoms with E-state index < -0.39 is 0 Å². The number of rotatable bonds is 1. The first-order valence-corrected chi connectivity index (χ1v) is 4.45. The Morgan fingerprint density at radius 1 is 1.50 bits per heavy atom. The second-order valence-corrected chi connectivity index (χ2v) is 3.46. The molecule has 0 amide bonds. The summed E-state index contributed by atoms with van der Waals surface area (Å²) in [4.78, 5) is 3.92. The van der Waals surface area contributed by atoms with Crippen LogP contribution in [0, 0.1) is 11.3 Å². The molecule has 0 atom stereocenters. The summed E-state index contributed by atoms with van der Waals surface area (Å²) in [5, 5.41) is 13.1. The molecule has 0 N–H and O–H groups in total. The highest BCUT2D eigenvalue weighted by Gasteiger charge is 2.13. The second kappa shape index (κ2) is 3.11. The zero-order valence-corrected chi connectivity index (χ0v) is 8.10. The molecule has 2 aromatic heterocycles. The van der Waals surface area contributed by atoms with Gasteiger partial charge in [-0.15, -0.1) is 0 Å². The Hall–Kier alpha value is -1.89. The third-order valence-corrected chi connectivity index (χ3v) is 2.15. The van der Waals surface area contributed by atoms with Crippen LogP contribution < -0.4 is 0 Å². The maximum absolute atomic E-state index is 8.96. The Morgan fingerprint density at radius 3 is 2.93 bits per heavy atom. The number of fused-ring (bicyclic) bond motifs is 1. The van der Waals surface area contributed by atoms with Crippen molar-refractivity contribution in [3.63, 3.8) is 0 Å². The lowest BCUT2D eigenvalue weighted by molar-refractivity contribution is 0.748. The molecule has 0 saturated heterocycles. The van der Waals surface area contributed by atoms with E-state index in [1.165, 1.54) is 6.33 Å². The summed E-state index contributed by atoms with van der Waals surface area (Å²) in [6.45, 7) is 4.09. The minimum absolute atomic E-state index is 0.280. The van der Waals surface area contributed by atoms with Gasteiger partial charge in [-0.05, 0) is 12.0 Å². The van der Waals surface area contributed by atoms with Crippen molar-refractivity contribution >= 4 is 5.52 Å². The van der Waals surface area contributed by atoms with Crippen LogP contribution in [0.5, 0.6) is 0 Å². The molecule has 0 fully saturated rings. The Morgan fingerprint density at radius 2 is 2.29 bits per heavy atom. The number of aromatic nitrogens is 3. The molecule has 0 unspecified atom stereocenters. The van der Waals surface area contributed by atoms with Crippen LogP contribution in [0.15, 0.2) is 18.6 Å². The minimum atomic E-state index is 0.280. The fourth-order valence-electron chi connectivity index (χ4n) is 1.59. The highest BCUT2D eigenvalue weighted by molar-refractivity contribution is 5.55. The topological polar surface area (TPSA) is 54.0 Å². The molecule has 0 aromatic carbocycles. The number of nitrogens with zero attached hydrogens (tertiary/aromatic N) is 4. The van der Waals surface area contributed by atoms with Crippen LogP contribution in [0.1, 0.15) is 31.0 Å². The predicted molar refractivity (Wildman–Crippen MR) is 51.8 cm³/mol. The molecule has 0 saturated carbocycles.